The molecule has 3 aromatic rings. The van der Waals surface area contributed by atoms with E-state index in [-0.39, 0.29) is 17.7 Å². The second kappa shape index (κ2) is 8.56. The molecule has 1 aromatic heterocycles. The van der Waals surface area contributed by atoms with Gasteiger partial charge in [-0.05, 0) is 42.8 Å². The van der Waals surface area contributed by atoms with E-state index in [1.807, 2.05) is 31.2 Å². The highest BCUT2D eigenvalue weighted by Gasteiger charge is 2.09. The average molecular weight is 383 g/mol. The minimum absolute atomic E-state index is 0.196. The molecule has 0 aliphatic rings. The Morgan fingerprint density at radius 3 is 2.54 bits per heavy atom. The number of benzene rings is 2. The zero-order valence-electron chi connectivity index (χ0n) is 15.5. The molecule has 0 amide bonds. The molecule has 0 aliphatic heterocycles. The highest BCUT2D eigenvalue weighted by molar-refractivity contribution is 5.94. The van der Waals surface area contributed by atoms with Crippen LogP contribution in [0.1, 0.15) is 18.1 Å². The van der Waals surface area contributed by atoms with Crippen molar-refractivity contribution in [2.45, 2.75) is 13.5 Å². The Morgan fingerprint density at radius 2 is 1.86 bits per heavy atom. The Labute approximate surface area is 160 Å². The molecule has 3 rings (SSSR count). The molecule has 1 heterocycles. The van der Waals surface area contributed by atoms with Crippen LogP contribution >= 0.6 is 0 Å². The van der Waals surface area contributed by atoms with Gasteiger partial charge in [0.2, 0.25) is 5.90 Å². The zero-order valence-corrected chi connectivity index (χ0v) is 15.5. The van der Waals surface area contributed by atoms with E-state index in [4.69, 9.17) is 4.74 Å². The first-order chi connectivity index (χ1) is 13.5. The Bertz CT molecular complexity index is 1060. The van der Waals surface area contributed by atoms with Crippen molar-refractivity contribution in [3.8, 4) is 11.3 Å². The van der Waals surface area contributed by atoms with Gasteiger partial charge in [0.05, 0.1) is 18.8 Å². The lowest BCUT2D eigenvalue weighted by atomic mass is 10.1. The van der Waals surface area contributed by atoms with Crippen LogP contribution in [0.2, 0.25) is 0 Å². The third-order valence-corrected chi connectivity index (χ3v) is 4.02. The van der Waals surface area contributed by atoms with Crippen LogP contribution in [-0.4, -0.2) is 29.3 Å². The quantitative estimate of drug-likeness (QED) is 0.499. The second-order valence-corrected chi connectivity index (χ2v) is 6.03. The molecule has 0 bridgehead atoms. The minimum atomic E-state index is -0.704. The number of halogens is 2. The molecular formula is C21H19F2N3O2. The van der Waals surface area contributed by atoms with E-state index in [1.54, 1.807) is 7.05 Å². The molecule has 7 heteroatoms. The molecule has 2 aromatic carbocycles. The lowest BCUT2D eigenvalue weighted by molar-refractivity contribution is 0.328. The summed E-state index contributed by atoms with van der Waals surface area (Å²) in [4.78, 5) is 16.3. The van der Waals surface area contributed by atoms with Crippen LogP contribution in [0, 0.1) is 11.6 Å². The molecule has 0 fully saturated rings. The molecule has 0 radical (unpaired) electrons. The van der Waals surface area contributed by atoms with Crippen molar-refractivity contribution >= 4 is 5.90 Å². The van der Waals surface area contributed by atoms with Crippen LogP contribution < -0.4 is 5.56 Å². The summed E-state index contributed by atoms with van der Waals surface area (Å²) in [5.41, 5.74) is 1.85. The predicted octanol–water partition coefficient (Wildman–Crippen LogP) is 3.65. The number of hydrogen-bond acceptors (Lipinski definition) is 4. The highest BCUT2D eigenvalue weighted by atomic mass is 19.1. The number of aromatic nitrogens is 2. The van der Waals surface area contributed by atoms with Crippen LogP contribution in [0.25, 0.3) is 11.3 Å². The molecule has 28 heavy (non-hydrogen) atoms. The van der Waals surface area contributed by atoms with Crippen LogP contribution in [-0.2, 0) is 11.3 Å². The van der Waals surface area contributed by atoms with Gasteiger partial charge in [-0.2, -0.15) is 5.10 Å². The highest BCUT2D eigenvalue weighted by Crippen LogP contribution is 2.19. The fourth-order valence-corrected chi connectivity index (χ4v) is 2.81. The Balaban J connectivity index is 1.94. The topological polar surface area (TPSA) is 56.5 Å². The number of hydrogen-bond donors (Lipinski definition) is 0. The normalized spacial score (nSPS) is 11.5. The molecule has 0 saturated carbocycles. The van der Waals surface area contributed by atoms with Gasteiger partial charge in [-0.3, -0.25) is 9.79 Å². The number of ether oxygens (including phenoxy) is 1. The van der Waals surface area contributed by atoms with Gasteiger partial charge >= 0.3 is 0 Å². The van der Waals surface area contributed by atoms with Gasteiger partial charge in [-0.25, -0.2) is 13.5 Å². The van der Waals surface area contributed by atoms with Gasteiger partial charge < -0.3 is 4.74 Å². The van der Waals surface area contributed by atoms with Crippen molar-refractivity contribution in [3.05, 3.63) is 87.7 Å². The summed E-state index contributed by atoms with van der Waals surface area (Å²) in [5, 5.41) is 4.26. The molecule has 0 atom stereocenters. The van der Waals surface area contributed by atoms with Crippen molar-refractivity contribution in [2.24, 2.45) is 4.99 Å². The van der Waals surface area contributed by atoms with E-state index in [0.29, 0.717) is 18.2 Å². The summed E-state index contributed by atoms with van der Waals surface area (Å²) in [6, 6.07) is 13.3. The van der Waals surface area contributed by atoms with Gasteiger partial charge in [0.15, 0.2) is 0 Å². The molecule has 0 spiro atoms. The summed E-state index contributed by atoms with van der Waals surface area (Å²) in [6.45, 7) is 2.56. The van der Waals surface area contributed by atoms with E-state index >= 15 is 0 Å². The molecule has 0 saturated heterocycles. The summed E-state index contributed by atoms with van der Waals surface area (Å²) in [5.74, 6) is -0.900. The van der Waals surface area contributed by atoms with Crippen LogP contribution in [0.3, 0.4) is 0 Å². The van der Waals surface area contributed by atoms with E-state index < -0.39 is 11.6 Å². The third-order valence-electron chi connectivity index (χ3n) is 4.02. The zero-order chi connectivity index (χ0) is 20.1. The smallest absolute Gasteiger partial charge is 0.267 e. The molecule has 0 N–H and O–H groups in total. The summed E-state index contributed by atoms with van der Waals surface area (Å²) >= 11 is 0. The Morgan fingerprint density at radius 1 is 1.11 bits per heavy atom. The monoisotopic (exact) mass is 383 g/mol. The average Bonchev–Trinajstić information content (AvgIpc) is 2.67. The minimum Gasteiger partial charge on any atom is -0.478 e. The molecule has 5 nitrogen and oxygen atoms in total. The van der Waals surface area contributed by atoms with E-state index in [2.05, 4.69) is 10.1 Å². The van der Waals surface area contributed by atoms with Crippen molar-refractivity contribution in [1.29, 1.82) is 0 Å². The number of aliphatic imine (C=N–C) groups is 1. The van der Waals surface area contributed by atoms with Gasteiger partial charge in [0, 0.05) is 30.3 Å². The summed E-state index contributed by atoms with van der Waals surface area (Å²) in [7, 11) is 1.64. The molecule has 0 aliphatic carbocycles. The molecular weight excluding hydrogens is 364 g/mol. The number of nitrogens with zero attached hydrogens (tertiary/aromatic N) is 3. The van der Waals surface area contributed by atoms with Crippen molar-refractivity contribution in [2.75, 3.05) is 13.7 Å². The van der Waals surface area contributed by atoms with E-state index in [9.17, 15) is 13.6 Å². The van der Waals surface area contributed by atoms with Crippen LogP contribution in [0.5, 0.6) is 0 Å². The summed E-state index contributed by atoms with van der Waals surface area (Å²) < 4.78 is 33.7. The first-order valence-electron chi connectivity index (χ1n) is 8.73. The van der Waals surface area contributed by atoms with Crippen molar-refractivity contribution < 1.29 is 13.5 Å². The molecule has 0 unspecified atom stereocenters. The Hall–Kier alpha value is -3.35. The molecule has 144 valence electrons. The maximum Gasteiger partial charge on any atom is 0.267 e. The largest absolute Gasteiger partial charge is 0.478 e. The maximum atomic E-state index is 13.5. The van der Waals surface area contributed by atoms with E-state index in [1.165, 1.54) is 28.9 Å². The second-order valence-electron chi connectivity index (χ2n) is 6.03. The van der Waals surface area contributed by atoms with Gasteiger partial charge in [-0.1, -0.05) is 12.1 Å². The van der Waals surface area contributed by atoms with Gasteiger partial charge in [-0.15, -0.1) is 0 Å². The predicted molar refractivity (Wildman–Crippen MR) is 103 cm³/mol. The van der Waals surface area contributed by atoms with Gasteiger partial charge in [0.25, 0.3) is 5.56 Å². The summed E-state index contributed by atoms with van der Waals surface area (Å²) in [6.07, 6.45) is 0. The van der Waals surface area contributed by atoms with E-state index in [0.717, 1.165) is 17.2 Å². The standard InChI is InChI=1S/C21H19F2N3O2/c1-3-28-21(24-2)15-6-4-5-14(9-15)13-26-20(27)8-7-19(25-26)16-10-17(22)12-18(23)11-16/h4-12H,3,13H2,1-2H3. The number of rotatable bonds is 5. The lowest BCUT2D eigenvalue weighted by Gasteiger charge is -2.10. The van der Waals surface area contributed by atoms with Crippen LogP contribution in [0.15, 0.2) is 64.4 Å². The van der Waals surface area contributed by atoms with Crippen molar-refractivity contribution in [3.63, 3.8) is 0 Å². The SMILES string of the molecule is CCOC(=NC)c1cccc(Cn2nc(-c3cc(F)cc(F)c3)ccc2=O)c1. The fraction of sp³-hybridized carbons (Fsp3) is 0.190. The lowest BCUT2D eigenvalue weighted by Crippen LogP contribution is -2.23. The maximum absolute atomic E-state index is 13.5. The fourth-order valence-electron chi connectivity index (χ4n) is 2.81. The Kier molecular flexibility index (Phi) is 5.93. The first-order valence-corrected chi connectivity index (χ1v) is 8.73. The van der Waals surface area contributed by atoms with Crippen molar-refractivity contribution in [1.82, 2.24) is 9.78 Å². The van der Waals surface area contributed by atoms with Gasteiger partial charge in [0.1, 0.15) is 11.6 Å². The van der Waals surface area contributed by atoms with Crippen LogP contribution in [0.4, 0.5) is 8.78 Å². The third kappa shape index (κ3) is 4.49. The first kappa shape index (κ1) is 19.4.